The van der Waals surface area contributed by atoms with Gasteiger partial charge in [-0.15, -0.1) is 0 Å². The Hall–Kier alpha value is -2.77. The summed E-state index contributed by atoms with van der Waals surface area (Å²) in [5.74, 6) is -0.281. The Kier molecular flexibility index (Phi) is 8.66. The summed E-state index contributed by atoms with van der Waals surface area (Å²) >= 11 is 6.17. The summed E-state index contributed by atoms with van der Waals surface area (Å²) in [5, 5.41) is 15.5. The molecule has 2 unspecified atom stereocenters. The number of rotatable bonds is 11. The fourth-order valence-corrected chi connectivity index (χ4v) is 4.17. The first-order valence-electron chi connectivity index (χ1n) is 11.3. The van der Waals surface area contributed by atoms with Crippen LogP contribution in [-0.4, -0.2) is 47.6 Å². The summed E-state index contributed by atoms with van der Waals surface area (Å²) in [6.07, 6.45) is -0.225. The fraction of sp³-hybridized carbons (Fsp3) is 0.296. The van der Waals surface area contributed by atoms with Crippen LogP contribution in [0, 0.1) is 5.82 Å². The molecule has 0 aliphatic carbocycles. The zero-order valence-electron chi connectivity index (χ0n) is 18.8. The second-order valence-corrected chi connectivity index (χ2v) is 8.89. The summed E-state index contributed by atoms with van der Waals surface area (Å²) in [6.45, 7) is 2.25. The fourth-order valence-electron chi connectivity index (χ4n) is 3.96. The third kappa shape index (κ3) is 7.37. The maximum Gasteiger partial charge on any atom is 0.145 e. The first-order chi connectivity index (χ1) is 16.5. The van der Waals surface area contributed by atoms with Gasteiger partial charge in [-0.25, -0.2) is 4.39 Å². The van der Waals surface area contributed by atoms with Crippen LogP contribution in [0.4, 0.5) is 4.39 Å². The molecule has 0 amide bonds. The predicted octanol–water partition coefficient (Wildman–Crippen LogP) is 5.05. The van der Waals surface area contributed by atoms with Crippen LogP contribution in [0.1, 0.15) is 23.1 Å². The molecule has 0 bridgehead atoms. The molecule has 0 radical (unpaired) electrons. The van der Waals surface area contributed by atoms with Gasteiger partial charge in [-0.05, 0) is 41.0 Å². The van der Waals surface area contributed by atoms with Crippen LogP contribution in [-0.2, 0) is 22.7 Å². The lowest BCUT2D eigenvalue weighted by atomic mass is 10.0. The molecule has 7 heteroatoms. The molecule has 0 saturated heterocycles. The maximum atomic E-state index is 13.2. The van der Waals surface area contributed by atoms with E-state index in [1.54, 1.807) is 12.1 Å². The Morgan fingerprint density at radius 2 is 1.82 bits per heavy atom. The lowest BCUT2D eigenvalue weighted by molar-refractivity contribution is -0.00648. The van der Waals surface area contributed by atoms with Crippen LogP contribution < -0.4 is 0 Å². The molecule has 3 aromatic carbocycles. The van der Waals surface area contributed by atoms with Gasteiger partial charge in [-0.3, -0.25) is 4.90 Å². The average Bonchev–Trinajstić information content (AvgIpc) is 3.28. The molecule has 5 nitrogen and oxygen atoms in total. The molecule has 0 fully saturated rings. The molecule has 0 spiro atoms. The molecule has 0 aromatic heterocycles. The Bertz CT molecular complexity index is 1080. The first kappa shape index (κ1) is 24.4. The Balaban J connectivity index is 1.34. The van der Waals surface area contributed by atoms with Gasteiger partial charge in [0.05, 0.1) is 25.0 Å². The highest BCUT2D eigenvalue weighted by Gasteiger charge is 2.26. The smallest absolute Gasteiger partial charge is 0.145 e. The van der Waals surface area contributed by atoms with Gasteiger partial charge in [0.2, 0.25) is 0 Å². The number of aliphatic hydroxyl groups is 1. The number of ether oxygens (including phenoxy) is 1. The van der Waals surface area contributed by atoms with E-state index in [0.29, 0.717) is 37.7 Å². The third-order valence-corrected chi connectivity index (χ3v) is 5.79. The monoisotopic (exact) mass is 482 g/mol. The van der Waals surface area contributed by atoms with E-state index >= 15 is 0 Å². The highest BCUT2D eigenvalue weighted by molar-refractivity contribution is 6.30. The minimum absolute atomic E-state index is 0.170. The number of oxime groups is 1. The zero-order chi connectivity index (χ0) is 23.8. The predicted molar refractivity (Wildman–Crippen MR) is 131 cm³/mol. The molecular weight excluding hydrogens is 455 g/mol. The van der Waals surface area contributed by atoms with E-state index in [9.17, 15) is 9.50 Å². The molecule has 178 valence electrons. The summed E-state index contributed by atoms with van der Waals surface area (Å²) in [7, 11) is 0. The first-order valence-corrected chi connectivity index (χ1v) is 11.7. The standard InChI is InChI=1S/C27H28ClFN2O3/c28-23-8-4-7-21(13-23)15-31(16-25(32)19-33-18-20-5-2-1-3-6-20)17-26-14-27(30-34-26)22-9-11-24(29)12-10-22/h1-13,25-26,32H,14-19H2. The van der Waals surface area contributed by atoms with Crippen molar-refractivity contribution in [1.82, 2.24) is 4.90 Å². The highest BCUT2D eigenvalue weighted by Crippen LogP contribution is 2.20. The van der Waals surface area contributed by atoms with Crippen LogP contribution in [0.25, 0.3) is 0 Å². The van der Waals surface area contributed by atoms with Crippen molar-refractivity contribution in [2.75, 3.05) is 19.7 Å². The van der Waals surface area contributed by atoms with Crippen molar-refractivity contribution in [2.45, 2.75) is 31.8 Å². The third-order valence-electron chi connectivity index (χ3n) is 5.56. The molecule has 0 saturated carbocycles. The van der Waals surface area contributed by atoms with Crippen molar-refractivity contribution >= 4 is 17.3 Å². The van der Waals surface area contributed by atoms with Crippen LogP contribution >= 0.6 is 11.6 Å². The topological polar surface area (TPSA) is 54.3 Å². The quantitative estimate of drug-likeness (QED) is 0.415. The van der Waals surface area contributed by atoms with E-state index in [1.807, 2.05) is 54.6 Å². The molecule has 2 atom stereocenters. The zero-order valence-corrected chi connectivity index (χ0v) is 19.6. The van der Waals surface area contributed by atoms with E-state index < -0.39 is 6.10 Å². The van der Waals surface area contributed by atoms with E-state index in [1.165, 1.54) is 12.1 Å². The maximum absolute atomic E-state index is 13.2. The van der Waals surface area contributed by atoms with Gasteiger partial charge in [0.15, 0.2) is 0 Å². The van der Waals surface area contributed by atoms with E-state index in [0.717, 1.165) is 22.4 Å². The van der Waals surface area contributed by atoms with Gasteiger partial charge in [0.1, 0.15) is 11.9 Å². The van der Waals surface area contributed by atoms with Crippen LogP contribution in [0.2, 0.25) is 5.02 Å². The number of hydrogen-bond donors (Lipinski definition) is 1. The molecule has 1 aliphatic rings. The molecule has 3 aromatic rings. The van der Waals surface area contributed by atoms with Gasteiger partial charge < -0.3 is 14.7 Å². The summed E-state index contributed by atoms with van der Waals surface area (Å²) in [4.78, 5) is 7.80. The largest absolute Gasteiger partial charge is 0.390 e. The Morgan fingerprint density at radius 3 is 2.59 bits per heavy atom. The van der Waals surface area contributed by atoms with Crippen molar-refractivity contribution in [3.63, 3.8) is 0 Å². The minimum Gasteiger partial charge on any atom is -0.390 e. The lowest BCUT2D eigenvalue weighted by Crippen LogP contribution is -2.39. The van der Waals surface area contributed by atoms with Crippen molar-refractivity contribution in [2.24, 2.45) is 5.16 Å². The summed E-state index contributed by atoms with van der Waals surface area (Å²) in [6, 6.07) is 23.8. The molecular formula is C27H28ClFN2O3. The van der Waals surface area contributed by atoms with Crippen molar-refractivity contribution < 1.29 is 19.1 Å². The highest BCUT2D eigenvalue weighted by atomic mass is 35.5. The Morgan fingerprint density at radius 1 is 1.06 bits per heavy atom. The van der Waals surface area contributed by atoms with Crippen molar-refractivity contribution in [3.8, 4) is 0 Å². The van der Waals surface area contributed by atoms with Crippen molar-refractivity contribution in [3.05, 3.63) is 106 Å². The lowest BCUT2D eigenvalue weighted by Gasteiger charge is -2.27. The van der Waals surface area contributed by atoms with Gasteiger partial charge in [-0.2, -0.15) is 0 Å². The summed E-state index contributed by atoms with van der Waals surface area (Å²) < 4.78 is 19.0. The van der Waals surface area contributed by atoms with Gasteiger partial charge in [0, 0.05) is 31.1 Å². The second-order valence-electron chi connectivity index (χ2n) is 8.45. The van der Waals surface area contributed by atoms with Crippen LogP contribution in [0.15, 0.2) is 84.0 Å². The van der Waals surface area contributed by atoms with Crippen LogP contribution in [0.5, 0.6) is 0 Å². The van der Waals surface area contributed by atoms with Gasteiger partial charge in [0.25, 0.3) is 0 Å². The van der Waals surface area contributed by atoms with E-state index in [2.05, 4.69) is 10.1 Å². The minimum atomic E-state index is -0.665. The number of benzene rings is 3. The Labute approximate surface area is 204 Å². The number of nitrogens with zero attached hydrogens (tertiary/aromatic N) is 2. The second kappa shape index (κ2) is 12.1. The number of hydrogen-bond acceptors (Lipinski definition) is 5. The van der Waals surface area contributed by atoms with Gasteiger partial charge in [-0.1, -0.05) is 71.4 Å². The molecule has 34 heavy (non-hydrogen) atoms. The molecule has 1 heterocycles. The molecule has 1 N–H and O–H groups in total. The number of halogens is 2. The van der Waals surface area contributed by atoms with E-state index in [4.69, 9.17) is 21.2 Å². The van der Waals surface area contributed by atoms with E-state index in [-0.39, 0.29) is 18.5 Å². The molecule has 1 aliphatic heterocycles. The normalized spacial score (nSPS) is 16.4. The van der Waals surface area contributed by atoms with Gasteiger partial charge >= 0.3 is 0 Å². The SMILES string of the molecule is OC(COCc1ccccc1)CN(Cc1cccc(Cl)c1)CC1CC(c2ccc(F)cc2)=NO1. The summed E-state index contributed by atoms with van der Waals surface area (Å²) in [5.41, 5.74) is 3.75. The van der Waals surface area contributed by atoms with Crippen molar-refractivity contribution in [1.29, 1.82) is 0 Å². The number of aliphatic hydroxyl groups excluding tert-OH is 1. The van der Waals surface area contributed by atoms with Crippen LogP contribution in [0.3, 0.4) is 0 Å². The average molecular weight is 483 g/mol. The molecule has 4 rings (SSSR count).